The largest absolute Gasteiger partial charge is 0.378 e. The van der Waals surface area contributed by atoms with E-state index < -0.39 is 24.0 Å². The van der Waals surface area contributed by atoms with Crippen LogP contribution in [-0.2, 0) is 16.0 Å². The number of hydrogen-bond donors (Lipinski definition) is 3. The van der Waals surface area contributed by atoms with E-state index in [4.69, 9.17) is 5.73 Å². The Hall–Kier alpha value is -3.77. The highest BCUT2D eigenvalue weighted by Crippen LogP contribution is 2.14. The third kappa shape index (κ3) is 5.18. The molecule has 152 valence electrons. The molecule has 3 aromatic carbocycles. The summed E-state index contributed by atoms with van der Waals surface area (Å²) in [6.07, 6.45) is -1.26. The van der Waals surface area contributed by atoms with Crippen LogP contribution in [0.4, 0.5) is 0 Å². The maximum Gasteiger partial charge on any atom is 0.254 e. The second kappa shape index (κ2) is 9.62. The Balaban J connectivity index is 1.67. The molecule has 0 heterocycles. The van der Waals surface area contributed by atoms with Crippen molar-refractivity contribution in [1.82, 2.24) is 5.32 Å². The van der Waals surface area contributed by atoms with Gasteiger partial charge in [0.1, 0.15) is 6.04 Å². The van der Waals surface area contributed by atoms with E-state index in [9.17, 15) is 19.5 Å². The van der Waals surface area contributed by atoms with Crippen LogP contribution in [0.3, 0.4) is 0 Å². The molecule has 0 aromatic heterocycles. The number of benzene rings is 3. The first kappa shape index (κ1) is 21.0. The van der Waals surface area contributed by atoms with Crippen LogP contribution in [0.25, 0.3) is 0 Å². The lowest BCUT2D eigenvalue weighted by Gasteiger charge is -2.18. The van der Waals surface area contributed by atoms with E-state index in [0.29, 0.717) is 16.7 Å². The van der Waals surface area contributed by atoms with E-state index in [-0.39, 0.29) is 12.2 Å². The van der Waals surface area contributed by atoms with Crippen LogP contribution in [0, 0.1) is 0 Å². The van der Waals surface area contributed by atoms with Crippen LogP contribution in [-0.4, -0.2) is 28.7 Å². The number of amides is 2. The SMILES string of the molecule is NC(=O)[C@@H](Cc1ccc(C(=O)c2ccccc2)cc1)NC(=O)[C@@H](O)c1ccccc1. The molecule has 0 aliphatic rings. The van der Waals surface area contributed by atoms with Crippen molar-refractivity contribution in [2.45, 2.75) is 18.6 Å². The first-order valence-electron chi connectivity index (χ1n) is 9.47. The topological polar surface area (TPSA) is 109 Å². The molecule has 0 saturated heterocycles. The zero-order valence-corrected chi connectivity index (χ0v) is 16.2. The monoisotopic (exact) mass is 402 g/mol. The summed E-state index contributed by atoms with van der Waals surface area (Å²) in [5.74, 6) is -1.53. The Labute approximate surface area is 174 Å². The van der Waals surface area contributed by atoms with Gasteiger partial charge in [-0.1, -0.05) is 84.9 Å². The van der Waals surface area contributed by atoms with Crippen molar-refractivity contribution in [3.05, 3.63) is 107 Å². The minimum absolute atomic E-state index is 0.104. The number of ketones is 1. The van der Waals surface area contributed by atoms with Crippen LogP contribution >= 0.6 is 0 Å². The van der Waals surface area contributed by atoms with Gasteiger partial charge in [-0.2, -0.15) is 0 Å². The summed E-state index contributed by atoms with van der Waals surface area (Å²) in [5.41, 5.74) is 7.68. The van der Waals surface area contributed by atoms with E-state index in [1.807, 2.05) is 6.07 Å². The van der Waals surface area contributed by atoms with Gasteiger partial charge in [-0.15, -0.1) is 0 Å². The number of nitrogens with two attached hydrogens (primary N) is 1. The van der Waals surface area contributed by atoms with Gasteiger partial charge in [0.25, 0.3) is 5.91 Å². The lowest BCUT2D eigenvalue weighted by atomic mass is 9.99. The fourth-order valence-corrected chi connectivity index (χ4v) is 3.04. The molecular formula is C24H22N2O4. The normalized spacial score (nSPS) is 12.6. The summed E-state index contributed by atoms with van der Waals surface area (Å²) in [7, 11) is 0. The zero-order valence-electron chi connectivity index (χ0n) is 16.2. The van der Waals surface area contributed by atoms with Crippen molar-refractivity contribution in [2.24, 2.45) is 5.73 Å². The molecule has 0 unspecified atom stereocenters. The number of rotatable bonds is 8. The Bertz CT molecular complexity index is 1020. The van der Waals surface area contributed by atoms with Gasteiger partial charge in [-0.05, 0) is 11.1 Å². The van der Waals surface area contributed by atoms with Crippen LogP contribution in [0.1, 0.15) is 33.2 Å². The van der Waals surface area contributed by atoms with Crippen LogP contribution in [0.2, 0.25) is 0 Å². The third-order valence-electron chi connectivity index (χ3n) is 4.72. The molecule has 0 radical (unpaired) electrons. The van der Waals surface area contributed by atoms with E-state index in [0.717, 1.165) is 5.56 Å². The van der Waals surface area contributed by atoms with Gasteiger partial charge in [0.15, 0.2) is 11.9 Å². The van der Waals surface area contributed by atoms with Crippen LogP contribution < -0.4 is 11.1 Å². The third-order valence-corrected chi connectivity index (χ3v) is 4.72. The van der Waals surface area contributed by atoms with Crippen molar-refractivity contribution in [2.75, 3.05) is 0 Å². The summed E-state index contributed by atoms with van der Waals surface area (Å²) in [5, 5.41) is 12.7. The Kier molecular flexibility index (Phi) is 6.72. The molecule has 0 fully saturated rings. The summed E-state index contributed by atoms with van der Waals surface area (Å²) in [4.78, 5) is 36.6. The first-order chi connectivity index (χ1) is 14.5. The van der Waals surface area contributed by atoms with Crippen molar-refractivity contribution in [3.63, 3.8) is 0 Å². The lowest BCUT2D eigenvalue weighted by Crippen LogP contribution is -2.47. The number of carbonyl (C=O) groups excluding carboxylic acids is 3. The average molecular weight is 402 g/mol. The second-order valence-electron chi connectivity index (χ2n) is 6.87. The van der Waals surface area contributed by atoms with Gasteiger partial charge in [0.2, 0.25) is 5.91 Å². The van der Waals surface area contributed by atoms with E-state index in [1.54, 1.807) is 78.9 Å². The quantitative estimate of drug-likeness (QED) is 0.502. The fourth-order valence-electron chi connectivity index (χ4n) is 3.04. The van der Waals surface area contributed by atoms with Gasteiger partial charge in [0.05, 0.1) is 0 Å². The zero-order chi connectivity index (χ0) is 21.5. The molecule has 2 atom stereocenters. The molecule has 2 amide bonds. The lowest BCUT2D eigenvalue weighted by molar-refractivity contribution is -0.133. The van der Waals surface area contributed by atoms with Crippen molar-refractivity contribution in [1.29, 1.82) is 0 Å². The minimum atomic E-state index is -1.40. The predicted molar refractivity (Wildman–Crippen MR) is 113 cm³/mol. The number of nitrogens with one attached hydrogen (secondary N) is 1. The maximum absolute atomic E-state index is 12.5. The van der Waals surface area contributed by atoms with Gasteiger partial charge in [-0.3, -0.25) is 14.4 Å². The molecule has 0 aliphatic heterocycles. The molecule has 0 saturated carbocycles. The van der Waals surface area contributed by atoms with Crippen molar-refractivity contribution >= 4 is 17.6 Å². The standard InChI is InChI=1S/C24H22N2O4/c25-23(29)20(26-24(30)22(28)18-9-5-2-6-10-18)15-16-11-13-19(14-12-16)21(27)17-7-3-1-4-8-17/h1-14,20,22,28H,15H2,(H2,25,29)(H,26,30)/t20-,22+/m1/s1. The average Bonchev–Trinajstić information content (AvgIpc) is 2.79. The number of primary amides is 1. The summed E-state index contributed by atoms with van der Waals surface area (Å²) >= 11 is 0. The molecule has 6 heteroatoms. The van der Waals surface area contributed by atoms with Crippen LogP contribution in [0.5, 0.6) is 0 Å². The molecular weight excluding hydrogens is 380 g/mol. The molecule has 3 aromatic rings. The Morgan fingerprint density at radius 1 is 0.800 bits per heavy atom. The van der Waals surface area contributed by atoms with E-state index in [2.05, 4.69) is 5.32 Å². The molecule has 0 aliphatic carbocycles. The van der Waals surface area contributed by atoms with Gasteiger partial charge < -0.3 is 16.2 Å². The Morgan fingerprint density at radius 3 is 1.90 bits per heavy atom. The Morgan fingerprint density at radius 2 is 1.33 bits per heavy atom. The molecule has 30 heavy (non-hydrogen) atoms. The smallest absolute Gasteiger partial charge is 0.254 e. The summed E-state index contributed by atoms with van der Waals surface area (Å²) in [6.45, 7) is 0. The molecule has 0 spiro atoms. The van der Waals surface area contributed by atoms with Gasteiger partial charge >= 0.3 is 0 Å². The highest BCUT2D eigenvalue weighted by Gasteiger charge is 2.24. The van der Waals surface area contributed by atoms with Crippen molar-refractivity contribution < 1.29 is 19.5 Å². The number of aliphatic hydroxyl groups is 1. The van der Waals surface area contributed by atoms with Gasteiger partial charge in [0, 0.05) is 17.5 Å². The van der Waals surface area contributed by atoms with Crippen molar-refractivity contribution in [3.8, 4) is 0 Å². The highest BCUT2D eigenvalue weighted by molar-refractivity contribution is 6.08. The molecule has 0 bridgehead atoms. The predicted octanol–water partition coefficient (Wildman–Crippen LogP) is 2.16. The second-order valence-corrected chi connectivity index (χ2v) is 6.87. The van der Waals surface area contributed by atoms with Gasteiger partial charge in [-0.25, -0.2) is 0 Å². The first-order valence-corrected chi connectivity index (χ1v) is 9.47. The van der Waals surface area contributed by atoms with E-state index in [1.165, 1.54) is 0 Å². The maximum atomic E-state index is 12.5. The summed E-state index contributed by atoms with van der Waals surface area (Å²) < 4.78 is 0. The summed E-state index contributed by atoms with van der Waals surface area (Å²) in [6, 6.07) is 23.1. The highest BCUT2D eigenvalue weighted by atomic mass is 16.3. The van der Waals surface area contributed by atoms with E-state index >= 15 is 0 Å². The molecule has 4 N–H and O–H groups in total. The number of hydrogen-bond acceptors (Lipinski definition) is 4. The number of aliphatic hydroxyl groups excluding tert-OH is 1. The number of carbonyl (C=O) groups is 3. The minimum Gasteiger partial charge on any atom is -0.378 e. The molecule has 3 rings (SSSR count). The molecule has 6 nitrogen and oxygen atoms in total. The fraction of sp³-hybridized carbons (Fsp3) is 0.125. The van der Waals surface area contributed by atoms with Crippen LogP contribution in [0.15, 0.2) is 84.9 Å².